The molecule has 4 aromatic rings. The van der Waals surface area contributed by atoms with Gasteiger partial charge in [-0.2, -0.15) is 0 Å². The summed E-state index contributed by atoms with van der Waals surface area (Å²) in [4.78, 5) is 46.9. The van der Waals surface area contributed by atoms with Gasteiger partial charge in [-0.15, -0.1) is 0 Å². The van der Waals surface area contributed by atoms with Crippen LogP contribution in [-0.4, -0.2) is 65.9 Å². The van der Waals surface area contributed by atoms with Gasteiger partial charge in [-0.25, -0.2) is 9.18 Å². The van der Waals surface area contributed by atoms with E-state index in [9.17, 15) is 18.8 Å². The number of aromatic amines is 1. The Morgan fingerprint density at radius 2 is 1.75 bits per heavy atom. The summed E-state index contributed by atoms with van der Waals surface area (Å²) in [6.07, 6.45) is 3.33. The molecule has 0 unspecified atom stereocenters. The number of carbonyl (C=O) groups excluding carboxylic acids is 3. The van der Waals surface area contributed by atoms with Gasteiger partial charge in [-0.05, 0) is 79.9 Å². The number of fused-ring (bicyclic) bond motifs is 1. The third-order valence-corrected chi connectivity index (χ3v) is 8.40. The molecule has 5 rings (SSSR count). The van der Waals surface area contributed by atoms with Crippen molar-refractivity contribution in [1.82, 2.24) is 20.1 Å². The maximum absolute atomic E-state index is 14.0. The molecule has 2 atom stereocenters. The second-order valence-corrected chi connectivity index (χ2v) is 11.8. The Balaban J connectivity index is 1.38. The van der Waals surface area contributed by atoms with E-state index in [0.717, 1.165) is 40.4 Å². The molecule has 1 aliphatic heterocycles. The van der Waals surface area contributed by atoms with E-state index in [1.165, 1.54) is 12.1 Å². The largest absolute Gasteiger partial charge is 0.366 e. The molecule has 3 aromatic carbocycles. The fraction of sp³-hybridized carbons (Fsp3) is 0.324. The van der Waals surface area contributed by atoms with Crippen LogP contribution in [0.25, 0.3) is 10.9 Å². The van der Waals surface area contributed by atoms with Crippen LogP contribution in [0, 0.1) is 5.82 Å². The first kappa shape index (κ1) is 30.7. The molecule has 9 nitrogen and oxygen atoms in total. The van der Waals surface area contributed by atoms with Gasteiger partial charge >= 0.3 is 6.03 Å². The van der Waals surface area contributed by atoms with Crippen LogP contribution in [0.1, 0.15) is 58.6 Å². The number of nitrogens with one attached hydrogen (secondary N) is 3. The number of para-hydroxylation sites is 1. The molecule has 1 aromatic heterocycles. The van der Waals surface area contributed by atoms with Gasteiger partial charge in [0.15, 0.2) is 0 Å². The van der Waals surface area contributed by atoms with Crippen LogP contribution in [0.3, 0.4) is 0 Å². The van der Waals surface area contributed by atoms with Crippen LogP contribution in [-0.2, 0) is 11.3 Å². The molecule has 1 saturated heterocycles. The van der Waals surface area contributed by atoms with Crippen LogP contribution in [0.15, 0.2) is 72.9 Å². The van der Waals surface area contributed by atoms with Crippen molar-refractivity contribution in [3.63, 3.8) is 0 Å². The second kappa shape index (κ2) is 13.3. The Morgan fingerprint density at radius 3 is 2.43 bits per heavy atom. The summed E-state index contributed by atoms with van der Waals surface area (Å²) >= 11 is 0. The van der Waals surface area contributed by atoms with E-state index in [1.807, 2.05) is 56.4 Å². The minimum Gasteiger partial charge on any atom is -0.366 e. The third kappa shape index (κ3) is 6.92. The molecule has 0 spiro atoms. The molecule has 10 heteroatoms. The van der Waals surface area contributed by atoms with Gasteiger partial charge < -0.3 is 31.2 Å². The van der Waals surface area contributed by atoms with Crippen LogP contribution in [0.5, 0.6) is 0 Å². The molecule has 1 aliphatic rings. The van der Waals surface area contributed by atoms with Crippen molar-refractivity contribution in [2.45, 2.75) is 44.2 Å². The lowest BCUT2D eigenvalue weighted by Gasteiger charge is -2.34. The maximum Gasteiger partial charge on any atom is 0.318 e. The van der Waals surface area contributed by atoms with Crippen LogP contribution in [0.4, 0.5) is 14.9 Å². The topological polar surface area (TPSA) is 124 Å². The van der Waals surface area contributed by atoms with Crippen molar-refractivity contribution in [3.8, 4) is 0 Å². The number of hydrogen-bond donors (Lipinski definition) is 4. The molecule has 1 fully saturated rings. The molecule has 5 N–H and O–H groups in total. The minimum atomic E-state index is -0.963. The average Bonchev–Trinajstić information content (AvgIpc) is 3.44. The lowest BCUT2D eigenvalue weighted by Crippen LogP contribution is -2.53. The molecule has 0 bridgehead atoms. The van der Waals surface area contributed by atoms with Crippen molar-refractivity contribution >= 4 is 34.4 Å². The highest BCUT2D eigenvalue weighted by Crippen LogP contribution is 2.31. The second-order valence-electron chi connectivity index (χ2n) is 11.8. The summed E-state index contributed by atoms with van der Waals surface area (Å²) in [5.74, 6) is -1.58. The Labute approximate surface area is 256 Å². The van der Waals surface area contributed by atoms with Crippen molar-refractivity contribution in [1.29, 1.82) is 0 Å². The zero-order valence-corrected chi connectivity index (χ0v) is 25.3. The zero-order valence-electron chi connectivity index (χ0n) is 25.3. The number of anilines is 1. The van der Waals surface area contributed by atoms with E-state index in [0.29, 0.717) is 25.3 Å². The van der Waals surface area contributed by atoms with E-state index in [4.69, 9.17) is 5.73 Å². The minimum absolute atomic E-state index is 0.188. The summed E-state index contributed by atoms with van der Waals surface area (Å²) in [5.41, 5.74) is 9.90. The van der Waals surface area contributed by atoms with E-state index < -0.39 is 23.8 Å². The standard InChI is InChI=1S/C34H39FN6O3/c1-21(28-19-37-29-7-5-4-6-26(28)29)31(33(43)38-30-18-22(20-40(2)3)8-13-27(30)32(36)42)39-34(44)41-16-14-24(15-17-41)23-9-11-25(35)12-10-23/h4-13,18-19,21,24,31,37H,14-17,20H2,1-3H3,(H2,36,42)(H,38,43)(H,39,44)/t21-,31+/m0/s1. The van der Waals surface area contributed by atoms with Crippen LogP contribution < -0.4 is 16.4 Å². The van der Waals surface area contributed by atoms with E-state index >= 15 is 0 Å². The Kier molecular flexibility index (Phi) is 9.29. The summed E-state index contributed by atoms with van der Waals surface area (Å²) < 4.78 is 13.4. The highest BCUT2D eigenvalue weighted by Gasteiger charge is 2.33. The number of nitrogens with zero attached hydrogens (tertiary/aromatic N) is 2. The van der Waals surface area contributed by atoms with E-state index in [1.54, 1.807) is 35.2 Å². The molecule has 230 valence electrons. The smallest absolute Gasteiger partial charge is 0.318 e. The number of benzene rings is 3. The van der Waals surface area contributed by atoms with Crippen LogP contribution in [0.2, 0.25) is 0 Å². The lowest BCUT2D eigenvalue weighted by atomic mass is 9.89. The number of amides is 4. The first-order valence-electron chi connectivity index (χ1n) is 14.9. The highest BCUT2D eigenvalue weighted by atomic mass is 19.1. The number of H-pyrrole nitrogens is 1. The number of aromatic nitrogens is 1. The Bertz CT molecular complexity index is 1640. The van der Waals surface area contributed by atoms with Gasteiger partial charge in [0, 0.05) is 42.7 Å². The number of urea groups is 1. The normalized spacial score (nSPS) is 15.2. The molecule has 44 heavy (non-hydrogen) atoms. The molecular weight excluding hydrogens is 559 g/mol. The van der Waals surface area contributed by atoms with Crippen molar-refractivity contribution in [3.05, 3.63) is 101 Å². The van der Waals surface area contributed by atoms with Crippen LogP contribution >= 0.6 is 0 Å². The predicted molar refractivity (Wildman–Crippen MR) is 170 cm³/mol. The number of halogens is 1. The maximum atomic E-state index is 14.0. The molecule has 0 radical (unpaired) electrons. The van der Waals surface area contributed by atoms with Gasteiger partial charge in [-0.1, -0.05) is 43.3 Å². The van der Waals surface area contributed by atoms with E-state index in [2.05, 4.69) is 15.6 Å². The first-order chi connectivity index (χ1) is 21.1. The van der Waals surface area contributed by atoms with Gasteiger partial charge in [0.25, 0.3) is 5.91 Å². The van der Waals surface area contributed by atoms with Gasteiger partial charge in [0.1, 0.15) is 11.9 Å². The highest BCUT2D eigenvalue weighted by molar-refractivity contribution is 6.05. The predicted octanol–water partition coefficient (Wildman–Crippen LogP) is 5.17. The molecule has 4 amide bonds. The number of primary amides is 1. The third-order valence-electron chi connectivity index (χ3n) is 8.40. The number of hydrogen-bond acceptors (Lipinski definition) is 4. The number of carbonyl (C=O) groups is 3. The Hall–Kier alpha value is -4.70. The van der Waals surface area contributed by atoms with Crippen molar-refractivity contribution < 1.29 is 18.8 Å². The van der Waals surface area contributed by atoms with Crippen molar-refractivity contribution in [2.24, 2.45) is 5.73 Å². The van der Waals surface area contributed by atoms with E-state index in [-0.39, 0.29) is 23.3 Å². The number of likely N-dealkylation sites (tertiary alicyclic amines) is 1. The molecule has 0 aliphatic carbocycles. The fourth-order valence-corrected chi connectivity index (χ4v) is 6.03. The summed E-state index contributed by atoms with van der Waals surface area (Å²) in [7, 11) is 3.86. The van der Waals surface area contributed by atoms with Gasteiger partial charge in [0.05, 0.1) is 11.3 Å². The quantitative estimate of drug-likeness (QED) is 0.212. The van der Waals surface area contributed by atoms with Gasteiger partial charge in [-0.3, -0.25) is 9.59 Å². The number of rotatable bonds is 9. The Morgan fingerprint density at radius 1 is 1.05 bits per heavy atom. The fourth-order valence-electron chi connectivity index (χ4n) is 6.03. The summed E-state index contributed by atoms with van der Waals surface area (Å²) in [6, 6.07) is 18.2. The molecule has 0 saturated carbocycles. The monoisotopic (exact) mass is 598 g/mol. The summed E-state index contributed by atoms with van der Waals surface area (Å²) in [5, 5.41) is 6.87. The lowest BCUT2D eigenvalue weighted by molar-refractivity contribution is -0.118. The number of nitrogens with two attached hydrogens (primary N) is 1. The van der Waals surface area contributed by atoms with Crippen molar-refractivity contribution in [2.75, 3.05) is 32.5 Å². The first-order valence-corrected chi connectivity index (χ1v) is 14.9. The average molecular weight is 599 g/mol. The zero-order chi connectivity index (χ0) is 31.4. The summed E-state index contributed by atoms with van der Waals surface area (Å²) in [6.45, 7) is 3.50. The number of piperidine rings is 1. The van der Waals surface area contributed by atoms with Gasteiger partial charge in [0.2, 0.25) is 5.91 Å². The molecule has 2 heterocycles. The molecular formula is C34H39FN6O3. The SMILES string of the molecule is C[C@@H](c1c[nH]c2ccccc12)[C@@H](NC(=O)N1CCC(c2ccc(F)cc2)CC1)C(=O)Nc1cc(CN(C)C)ccc1C(N)=O.